The molecule has 154 valence electrons. The fourth-order valence-corrected chi connectivity index (χ4v) is 4.54. The molecule has 1 atom stereocenters. The van der Waals surface area contributed by atoms with Gasteiger partial charge in [0.2, 0.25) is 0 Å². The van der Waals surface area contributed by atoms with Crippen LogP contribution in [0, 0.1) is 0 Å². The molecule has 2 aromatic rings. The minimum absolute atomic E-state index is 0. The SMILES string of the molecule is Cl.O=C(c1cncc(-c2ccc3c(c2)CCO3)c1)N1CCC(N2CCNCC2)C1. The number of likely N-dealkylation sites (tertiary alicyclic amines) is 1. The van der Waals surface area contributed by atoms with Crippen LogP contribution in [0.15, 0.2) is 36.7 Å². The number of hydrogen-bond donors (Lipinski definition) is 1. The Balaban J connectivity index is 0.00000205. The van der Waals surface area contributed by atoms with E-state index in [-0.39, 0.29) is 18.3 Å². The first kappa shape index (κ1) is 20.1. The van der Waals surface area contributed by atoms with Crippen LogP contribution < -0.4 is 10.1 Å². The topological polar surface area (TPSA) is 57.7 Å². The molecule has 7 heteroatoms. The highest BCUT2D eigenvalue weighted by molar-refractivity contribution is 5.95. The third kappa shape index (κ3) is 4.10. The van der Waals surface area contributed by atoms with Gasteiger partial charge in [-0.1, -0.05) is 6.07 Å². The zero-order valence-corrected chi connectivity index (χ0v) is 17.3. The molecule has 2 fully saturated rings. The number of pyridine rings is 1. The van der Waals surface area contributed by atoms with E-state index in [0.717, 1.165) is 75.6 Å². The van der Waals surface area contributed by atoms with Crippen LogP contribution in [0.2, 0.25) is 0 Å². The zero-order valence-electron chi connectivity index (χ0n) is 16.5. The molecule has 0 spiro atoms. The lowest BCUT2D eigenvalue weighted by molar-refractivity contribution is 0.0773. The molecule has 0 saturated carbocycles. The van der Waals surface area contributed by atoms with Crippen LogP contribution >= 0.6 is 12.4 Å². The summed E-state index contributed by atoms with van der Waals surface area (Å²) in [4.78, 5) is 21.9. The van der Waals surface area contributed by atoms with E-state index >= 15 is 0 Å². The van der Waals surface area contributed by atoms with E-state index in [2.05, 4.69) is 21.3 Å². The lowest BCUT2D eigenvalue weighted by Crippen LogP contribution is -2.49. The Morgan fingerprint density at radius 2 is 1.97 bits per heavy atom. The van der Waals surface area contributed by atoms with Crippen molar-refractivity contribution < 1.29 is 9.53 Å². The summed E-state index contributed by atoms with van der Waals surface area (Å²) in [5, 5.41) is 3.40. The largest absolute Gasteiger partial charge is 0.493 e. The van der Waals surface area contributed by atoms with Crippen LogP contribution in [-0.2, 0) is 6.42 Å². The number of carbonyl (C=O) groups is 1. The lowest BCUT2D eigenvalue weighted by atomic mass is 10.0. The summed E-state index contributed by atoms with van der Waals surface area (Å²) in [6.07, 6.45) is 5.53. The molecule has 3 aliphatic heterocycles. The maximum atomic E-state index is 13.1. The molecule has 0 aliphatic carbocycles. The van der Waals surface area contributed by atoms with Crippen LogP contribution in [0.4, 0.5) is 0 Å². The Hall–Kier alpha value is -2.15. The Morgan fingerprint density at radius 3 is 2.83 bits per heavy atom. The van der Waals surface area contributed by atoms with E-state index < -0.39 is 0 Å². The number of nitrogens with one attached hydrogen (secondary N) is 1. The number of piperazine rings is 1. The molecule has 0 bridgehead atoms. The number of amides is 1. The first-order valence-corrected chi connectivity index (χ1v) is 10.2. The van der Waals surface area contributed by atoms with Crippen LogP contribution in [0.1, 0.15) is 22.3 Å². The van der Waals surface area contributed by atoms with Gasteiger partial charge in [0.25, 0.3) is 5.91 Å². The van der Waals surface area contributed by atoms with Gasteiger partial charge >= 0.3 is 0 Å². The van der Waals surface area contributed by atoms with Crippen LogP contribution in [0.3, 0.4) is 0 Å². The number of carbonyl (C=O) groups excluding carboxylic acids is 1. The van der Waals surface area contributed by atoms with Crippen LogP contribution in [0.5, 0.6) is 5.75 Å². The molecule has 1 aromatic heterocycles. The van der Waals surface area contributed by atoms with Gasteiger partial charge in [-0.2, -0.15) is 0 Å². The zero-order chi connectivity index (χ0) is 18.9. The normalized spacial score (nSPS) is 21.4. The molecule has 1 N–H and O–H groups in total. The van der Waals surface area contributed by atoms with E-state index in [1.165, 1.54) is 5.56 Å². The van der Waals surface area contributed by atoms with Gasteiger partial charge in [0.15, 0.2) is 0 Å². The first-order valence-electron chi connectivity index (χ1n) is 10.2. The van der Waals surface area contributed by atoms with Crippen molar-refractivity contribution in [2.75, 3.05) is 45.9 Å². The number of rotatable bonds is 3. The summed E-state index contributed by atoms with van der Waals surface area (Å²) in [5.41, 5.74) is 3.98. The maximum absolute atomic E-state index is 13.1. The number of nitrogens with zero attached hydrogens (tertiary/aromatic N) is 3. The second kappa shape index (κ2) is 8.69. The molecule has 1 aromatic carbocycles. The van der Waals surface area contributed by atoms with Crippen molar-refractivity contribution in [3.8, 4) is 16.9 Å². The highest BCUT2D eigenvalue weighted by atomic mass is 35.5. The molecular weight excluding hydrogens is 388 g/mol. The molecular formula is C22H27ClN4O2. The number of hydrogen-bond acceptors (Lipinski definition) is 5. The van der Waals surface area contributed by atoms with Crippen molar-refractivity contribution in [1.29, 1.82) is 0 Å². The number of halogens is 1. The first-order chi connectivity index (χ1) is 13.8. The molecule has 29 heavy (non-hydrogen) atoms. The summed E-state index contributed by atoms with van der Waals surface area (Å²) in [7, 11) is 0. The summed E-state index contributed by atoms with van der Waals surface area (Å²) in [6.45, 7) is 6.63. The van der Waals surface area contributed by atoms with Gasteiger partial charge in [-0.3, -0.25) is 14.7 Å². The molecule has 3 aliphatic rings. The van der Waals surface area contributed by atoms with Crippen molar-refractivity contribution in [3.05, 3.63) is 47.8 Å². The van der Waals surface area contributed by atoms with Gasteiger partial charge < -0.3 is 15.0 Å². The third-order valence-corrected chi connectivity index (χ3v) is 6.13. The smallest absolute Gasteiger partial charge is 0.255 e. The quantitative estimate of drug-likeness (QED) is 0.834. The monoisotopic (exact) mass is 414 g/mol. The minimum atomic E-state index is 0. The molecule has 2 saturated heterocycles. The van der Waals surface area contributed by atoms with E-state index in [0.29, 0.717) is 11.6 Å². The van der Waals surface area contributed by atoms with Crippen LogP contribution in [-0.4, -0.2) is 72.6 Å². The standard InChI is InChI=1S/C22H26N4O2.ClH/c27-22(26-7-3-20(15-26)25-8-5-23-6-9-25)19-12-18(13-24-14-19)16-1-2-21-17(11-16)4-10-28-21;/h1-2,11-14,20,23H,3-10,15H2;1H. The summed E-state index contributed by atoms with van der Waals surface area (Å²) in [5.74, 6) is 1.07. The number of fused-ring (bicyclic) bond motifs is 1. The van der Waals surface area contributed by atoms with E-state index in [1.807, 2.05) is 29.3 Å². The predicted molar refractivity (Wildman–Crippen MR) is 115 cm³/mol. The number of aromatic nitrogens is 1. The van der Waals surface area contributed by atoms with Crippen molar-refractivity contribution >= 4 is 18.3 Å². The van der Waals surface area contributed by atoms with Gasteiger partial charge in [-0.15, -0.1) is 12.4 Å². The van der Waals surface area contributed by atoms with E-state index in [1.54, 1.807) is 6.20 Å². The van der Waals surface area contributed by atoms with E-state index in [9.17, 15) is 4.79 Å². The minimum Gasteiger partial charge on any atom is -0.493 e. The third-order valence-electron chi connectivity index (χ3n) is 6.13. The fourth-order valence-electron chi connectivity index (χ4n) is 4.54. The molecule has 4 heterocycles. The molecule has 1 unspecified atom stereocenters. The van der Waals surface area contributed by atoms with Crippen molar-refractivity contribution in [3.63, 3.8) is 0 Å². The Bertz CT molecular complexity index is 885. The number of benzene rings is 1. The van der Waals surface area contributed by atoms with E-state index in [4.69, 9.17) is 4.74 Å². The second-order valence-corrected chi connectivity index (χ2v) is 7.86. The average molecular weight is 415 g/mol. The average Bonchev–Trinajstić information content (AvgIpc) is 3.43. The number of ether oxygens (including phenoxy) is 1. The molecule has 1 amide bonds. The maximum Gasteiger partial charge on any atom is 0.255 e. The fraction of sp³-hybridized carbons (Fsp3) is 0.455. The molecule has 6 nitrogen and oxygen atoms in total. The summed E-state index contributed by atoms with van der Waals surface area (Å²) < 4.78 is 5.59. The highest BCUT2D eigenvalue weighted by Gasteiger charge is 2.31. The molecule has 5 rings (SSSR count). The Kier molecular flexibility index (Phi) is 6.04. The second-order valence-electron chi connectivity index (χ2n) is 7.86. The van der Waals surface area contributed by atoms with Crippen molar-refractivity contribution in [2.45, 2.75) is 18.9 Å². The van der Waals surface area contributed by atoms with Crippen LogP contribution in [0.25, 0.3) is 11.1 Å². The highest BCUT2D eigenvalue weighted by Crippen LogP contribution is 2.30. The van der Waals surface area contributed by atoms with Gasteiger partial charge in [-0.25, -0.2) is 0 Å². The van der Waals surface area contributed by atoms with Crippen molar-refractivity contribution in [2.24, 2.45) is 0 Å². The Morgan fingerprint density at radius 1 is 1.10 bits per heavy atom. The lowest BCUT2D eigenvalue weighted by Gasteiger charge is -2.32. The molecule has 0 radical (unpaired) electrons. The Labute approximate surface area is 177 Å². The summed E-state index contributed by atoms with van der Waals surface area (Å²) in [6, 6.07) is 8.68. The van der Waals surface area contributed by atoms with Gasteiger partial charge in [-0.05, 0) is 35.7 Å². The summed E-state index contributed by atoms with van der Waals surface area (Å²) >= 11 is 0. The van der Waals surface area contributed by atoms with Gasteiger partial charge in [0, 0.05) is 69.7 Å². The van der Waals surface area contributed by atoms with Crippen molar-refractivity contribution in [1.82, 2.24) is 20.1 Å². The van der Waals surface area contributed by atoms with Gasteiger partial charge in [0.05, 0.1) is 12.2 Å². The predicted octanol–water partition coefficient (Wildman–Crippen LogP) is 2.22. The van der Waals surface area contributed by atoms with Gasteiger partial charge in [0.1, 0.15) is 5.75 Å².